The van der Waals surface area contributed by atoms with E-state index in [1.807, 2.05) is 0 Å². The van der Waals surface area contributed by atoms with E-state index in [9.17, 15) is 26.7 Å². The van der Waals surface area contributed by atoms with Gasteiger partial charge in [-0.15, -0.1) is 11.3 Å². The Morgan fingerprint density at radius 3 is 2.30 bits per heavy atom. The molecule has 27 heavy (non-hydrogen) atoms. The van der Waals surface area contributed by atoms with Gasteiger partial charge in [-0.2, -0.15) is 13.2 Å². The van der Waals surface area contributed by atoms with Crippen LogP contribution >= 0.6 is 11.3 Å². The van der Waals surface area contributed by atoms with Crippen LogP contribution in [0.1, 0.15) is 16.2 Å². The highest BCUT2D eigenvalue weighted by atomic mass is 32.2. The quantitative estimate of drug-likeness (QED) is 0.643. The van der Waals surface area contributed by atoms with Crippen molar-refractivity contribution < 1.29 is 31.1 Å². The number of halogens is 3. The van der Waals surface area contributed by atoms with Crippen LogP contribution in [0.2, 0.25) is 0 Å². The smallest absolute Gasteiger partial charge is 0.416 e. The lowest BCUT2D eigenvalue weighted by Gasteiger charge is -2.25. The van der Waals surface area contributed by atoms with Crippen molar-refractivity contribution in [1.82, 2.24) is 4.72 Å². The first-order valence-corrected chi connectivity index (χ1v) is 9.96. The van der Waals surface area contributed by atoms with Gasteiger partial charge in [0, 0.05) is 4.88 Å². The van der Waals surface area contributed by atoms with Crippen LogP contribution in [0.15, 0.2) is 69.5 Å². The van der Waals surface area contributed by atoms with E-state index in [-0.39, 0.29) is 10.7 Å². The molecule has 10 heteroatoms. The molecule has 0 aliphatic heterocycles. The molecule has 3 aromatic rings. The highest BCUT2D eigenvalue weighted by molar-refractivity contribution is 7.89. The van der Waals surface area contributed by atoms with Crippen LogP contribution < -0.4 is 4.72 Å². The minimum absolute atomic E-state index is 0.139. The van der Waals surface area contributed by atoms with E-state index in [1.54, 1.807) is 23.6 Å². The van der Waals surface area contributed by atoms with Crippen molar-refractivity contribution in [2.75, 3.05) is 6.54 Å². The molecule has 0 bridgehead atoms. The fourth-order valence-corrected chi connectivity index (χ4v) is 4.32. The largest absolute Gasteiger partial charge is 0.466 e. The second-order valence-corrected chi connectivity index (χ2v) is 8.38. The second kappa shape index (κ2) is 7.12. The average Bonchev–Trinajstić information content (AvgIpc) is 3.33. The summed E-state index contributed by atoms with van der Waals surface area (Å²) in [5, 5.41) is 12.7. The van der Waals surface area contributed by atoms with Crippen LogP contribution in [0.3, 0.4) is 0 Å². The molecule has 1 aromatic carbocycles. The number of alkyl halides is 3. The van der Waals surface area contributed by atoms with Gasteiger partial charge in [-0.3, -0.25) is 0 Å². The fourth-order valence-electron chi connectivity index (χ4n) is 2.43. The SMILES string of the molecule is O=S(=O)(NCC(O)(c1ccco1)c1cccs1)c1ccc(C(F)(F)F)cc1. The summed E-state index contributed by atoms with van der Waals surface area (Å²) in [7, 11) is -4.15. The molecule has 2 N–H and O–H groups in total. The Labute approximate surface area is 157 Å². The van der Waals surface area contributed by atoms with Crippen LogP contribution in [-0.4, -0.2) is 20.1 Å². The standard InChI is InChI=1S/C17H14F3NO4S2/c18-17(19,20)12-5-7-13(8-6-12)27(23,24)21-11-16(22,14-3-1-9-25-14)15-4-2-10-26-15/h1-10,21-22H,11H2. The van der Waals surface area contributed by atoms with Gasteiger partial charge in [-0.05, 0) is 47.8 Å². The molecule has 2 aromatic heterocycles. The third-order valence-electron chi connectivity index (χ3n) is 3.87. The topological polar surface area (TPSA) is 79.5 Å². The molecular weight excluding hydrogens is 403 g/mol. The van der Waals surface area contributed by atoms with Gasteiger partial charge in [0.25, 0.3) is 0 Å². The number of aliphatic hydroxyl groups is 1. The first-order chi connectivity index (χ1) is 12.6. The molecule has 5 nitrogen and oxygen atoms in total. The third-order valence-corrected chi connectivity index (χ3v) is 6.31. The van der Waals surface area contributed by atoms with Gasteiger partial charge in [0.05, 0.1) is 23.3 Å². The van der Waals surface area contributed by atoms with Gasteiger partial charge < -0.3 is 9.52 Å². The Kier molecular flexibility index (Phi) is 5.17. The van der Waals surface area contributed by atoms with Crippen molar-refractivity contribution in [2.24, 2.45) is 0 Å². The summed E-state index contributed by atoms with van der Waals surface area (Å²) in [5.41, 5.74) is -2.71. The molecule has 0 saturated carbocycles. The molecule has 0 fully saturated rings. The van der Waals surface area contributed by atoms with Crippen LogP contribution in [0.25, 0.3) is 0 Å². The zero-order valence-corrected chi connectivity index (χ0v) is 15.2. The number of furan rings is 1. The molecule has 144 valence electrons. The Morgan fingerprint density at radius 2 is 1.78 bits per heavy atom. The number of hydrogen-bond acceptors (Lipinski definition) is 5. The molecule has 1 unspecified atom stereocenters. The molecule has 0 saturated heterocycles. The van der Waals surface area contributed by atoms with E-state index in [4.69, 9.17) is 4.42 Å². The van der Waals surface area contributed by atoms with Crippen molar-refractivity contribution >= 4 is 21.4 Å². The van der Waals surface area contributed by atoms with Crippen molar-refractivity contribution in [2.45, 2.75) is 16.7 Å². The van der Waals surface area contributed by atoms with Crippen molar-refractivity contribution in [3.63, 3.8) is 0 Å². The van der Waals surface area contributed by atoms with Crippen molar-refractivity contribution in [1.29, 1.82) is 0 Å². The molecule has 3 rings (SSSR count). The summed E-state index contributed by atoms with van der Waals surface area (Å²) in [6.07, 6.45) is -3.22. The van der Waals surface area contributed by atoms with Crippen molar-refractivity contribution in [3.8, 4) is 0 Å². The van der Waals surface area contributed by atoms with E-state index in [0.717, 1.165) is 12.1 Å². The highest BCUT2D eigenvalue weighted by Crippen LogP contribution is 2.33. The zero-order valence-electron chi connectivity index (χ0n) is 13.6. The summed E-state index contributed by atoms with van der Waals surface area (Å²) >= 11 is 1.21. The third kappa shape index (κ3) is 4.08. The summed E-state index contributed by atoms with van der Waals surface area (Å²) in [6, 6.07) is 9.48. The Bertz CT molecular complexity index is 946. The molecule has 0 aliphatic rings. The molecule has 0 radical (unpaired) electrons. The number of rotatable bonds is 6. The van der Waals surface area contributed by atoms with Gasteiger partial charge in [0.2, 0.25) is 10.0 Å². The molecule has 2 heterocycles. The van der Waals surface area contributed by atoms with Crippen LogP contribution in [0.5, 0.6) is 0 Å². The predicted octanol–water partition coefficient (Wildman–Crippen LogP) is 3.57. The first-order valence-electron chi connectivity index (χ1n) is 7.60. The lowest BCUT2D eigenvalue weighted by molar-refractivity contribution is -0.137. The van der Waals surface area contributed by atoms with E-state index in [0.29, 0.717) is 17.0 Å². The summed E-state index contributed by atoms with van der Waals surface area (Å²) < 4.78 is 70.3. The van der Waals surface area contributed by atoms with E-state index < -0.39 is 33.9 Å². The number of thiophene rings is 1. The maximum absolute atomic E-state index is 12.6. The molecule has 0 amide bonds. The van der Waals surface area contributed by atoms with Crippen LogP contribution in [-0.2, 0) is 21.8 Å². The van der Waals surface area contributed by atoms with Gasteiger partial charge >= 0.3 is 6.18 Å². The minimum Gasteiger partial charge on any atom is -0.466 e. The zero-order chi connectivity index (χ0) is 19.7. The lowest BCUT2D eigenvalue weighted by atomic mass is 9.99. The minimum atomic E-state index is -4.56. The first kappa shape index (κ1) is 19.6. The van der Waals surface area contributed by atoms with E-state index in [2.05, 4.69) is 4.72 Å². The van der Waals surface area contributed by atoms with E-state index >= 15 is 0 Å². The van der Waals surface area contributed by atoms with Gasteiger partial charge in [0.1, 0.15) is 5.76 Å². The molecule has 1 atom stereocenters. The highest BCUT2D eigenvalue weighted by Gasteiger charge is 2.37. The van der Waals surface area contributed by atoms with Gasteiger partial charge in [-0.1, -0.05) is 6.07 Å². The lowest BCUT2D eigenvalue weighted by Crippen LogP contribution is -2.40. The summed E-state index contributed by atoms with van der Waals surface area (Å²) in [4.78, 5) is 0.107. The van der Waals surface area contributed by atoms with Gasteiger partial charge in [-0.25, -0.2) is 13.1 Å². The number of sulfonamides is 1. The van der Waals surface area contributed by atoms with Crippen molar-refractivity contribution in [3.05, 3.63) is 76.4 Å². The van der Waals surface area contributed by atoms with Crippen LogP contribution in [0, 0.1) is 0 Å². The number of benzene rings is 1. The summed E-state index contributed by atoms with van der Waals surface area (Å²) in [6.45, 7) is -0.454. The normalized spacial score (nSPS) is 14.8. The Balaban J connectivity index is 1.85. The molecular formula is C17H14F3NO4S2. The Morgan fingerprint density at radius 1 is 1.07 bits per heavy atom. The number of hydrogen-bond donors (Lipinski definition) is 2. The number of nitrogens with one attached hydrogen (secondary N) is 1. The maximum Gasteiger partial charge on any atom is 0.416 e. The Hall–Kier alpha value is -2.14. The average molecular weight is 417 g/mol. The summed E-state index contributed by atoms with van der Waals surface area (Å²) in [5.74, 6) is 0.139. The molecule has 0 aliphatic carbocycles. The maximum atomic E-state index is 12.6. The monoisotopic (exact) mass is 417 g/mol. The molecule has 0 spiro atoms. The van der Waals surface area contributed by atoms with Gasteiger partial charge in [0.15, 0.2) is 5.60 Å². The second-order valence-electron chi connectivity index (χ2n) is 5.66. The predicted molar refractivity (Wildman–Crippen MR) is 92.7 cm³/mol. The van der Waals surface area contributed by atoms with Crippen LogP contribution in [0.4, 0.5) is 13.2 Å². The fraction of sp³-hybridized carbons (Fsp3) is 0.176. The van der Waals surface area contributed by atoms with E-state index in [1.165, 1.54) is 23.7 Å².